The highest BCUT2D eigenvalue weighted by molar-refractivity contribution is 5.83. The van der Waals surface area contributed by atoms with Crippen LogP contribution >= 0.6 is 0 Å². The minimum Gasteiger partial charge on any atom is -0.373 e. The van der Waals surface area contributed by atoms with E-state index in [-0.39, 0.29) is 0 Å². The van der Waals surface area contributed by atoms with Crippen molar-refractivity contribution in [1.29, 1.82) is 0 Å². The monoisotopic (exact) mass is 212 g/mol. The third kappa shape index (κ3) is 1.72. The van der Waals surface area contributed by atoms with Gasteiger partial charge in [0.15, 0.2) is 0 Å². The first-order valence-corrected chi connectivity index (χ1v) is 5.93. The fourth-order valence-electron chi connectivity index (χ4n) is 2.42. The minimum atomic E-state index is 0.305. The van der Waals surface area contributed by atoms with Crippen LogP contribution in [0.25, 0.3) is 10.8 Å². The molecule has 0 bridgehead atoms. The molecule has 1 fully saturated rings. The Labute approximate surface area is 96.0 Å². The molecule has 0 aromatic heterocycles. The second-order valence-corrected chi connectivity index (χ2v) is 4.77. The summed E-state index contributed by atoms with van der Waals surface area (Å²) in [5, 5.41) is 2.61. The number of benzene rings is 2. The zero-order chi connectivity index (χ0) is 11.0. The zero-order valence-corrected chi connectivity index (χ0v) is 9.52. The number of hydrogen-bond donors (Lipinski definition) is 0. The van der Waals surface area contributed by atoms with Gasteiger partial charge in [0.05, 0.1) is 12.7 Å². The van der Waals surface area contributed by atoms with Crippen LogP contribution in [0.3, 0.4) is 0 Å². The third-order valence-electron chi connectivity index (χ3n) is 3.34. The summed E-state index contributed by atoms with van der Waals surface area (Å²) in [5.74, 6) is 0.691. The fourth-order valence-corrected chi connectivity index (χ4v) is 2.42. The van der Waals surface area contributed by atoms with Crippen LogP contribution in [-0.2, 0) is 4.74 Å². The molecule has 2 aromatic carbocycles. The van der Waals surface area contributed by atoms with Crippen molar-refractivity contribution >= 4 is 10.8 Å². The maximum Gasteiger partial charge on any atom is 0.0828 e. The van der Waals surface area contributed by atoms with E-state index in [0.29, 0.717) is 12.0 Å². The Morgan fingerprint density at radius 3 is 2.62 bits per heavy atom. The quantitative estimate of drug-likeness (QED) is 0.695. The molecule has 2 atom stereocenters. The highest BCUT2D eigenvalue weighted by Crippen LogP contribution is 2.33. The van der Waals surface area contributed by atoms with Gasteiger partial charge in [-0.05, 0) is 34.7 Å². The van der Waals surface area contributed by atoms with Crippen LogP contribution in [0, 0.1) is 5.92 Å². The molecule has 3 rings (SSSR count). The molecular formula is C15H16O. The van der Waals surface area contributed by atoms with Gasteiger partial charge in [0.2, 0.25) is 0 Å². The van der Waals surface area contributed by atoms with Crippen LogP contribution in [0.2, 0.25) is 0 Å². The van der Waals surface area contributed by atoms with Gasteiger partial charge in [0, 0.05) is 0 Å². The van der Waals surface area contributed by atoms with Crippen LogP contribution < -0.4 is 0 Å². The molecule has 0 amide bonds. The lowest BCUT2D eigenvalue weighted by molar-refractivity contribution is 0.108. The molecule has 1 aliphatic rings. The fraction of sp³-hybridized carbons (Fsp3) is 0.333. The van der Waals surface area contributed by atoms with Crippen LogP contribution in [0.4, 0.5) is 0 Å². The average Bonchev–Trinajstić information content (AvgIpc) is 2.75. The molecule has 1 saturated heterocycles. The van der Waals surface area contributed by atoms with E-state index in [1.54, 1.807) is 0 Å². The number of rotatable bonds is 1. The van der Waals surface area contributed by atoms with Crippen molar-refractivity contribution < 1.29 is 4.74 Å². The van der Waals surface area contributed by atoms with Gasteiger partial charge in [-0.15, -0.1) is 0 Å². The predicted molar refractivity (Wildman–Crippen MR) is 66.4 cm³/mol. The Morgan fingerprint density at radius 1 is 1.06 bits per heavy atom. The van der Waals surface area contributed by atoms with Crippen molar-refractivity contribution in [2.75, 3.05) is 6.61 Å². The Balaban J connectivity index is 1.99. The second kappa shape index (κ2) is 3.91. The van der Waals surface area contributed by atoms with Crippen LogP contribution in [0.1, 0.15) is 25.0 Å². The van der Waals surface area contributed by atoms with Crippen molar-refractivity contribution in [3.05, 3.63) is 48.0 Å². The molecular weight excluding hydrogens is 196 g/mol. The SMILES string of the molecule is C[C@@H]1CO[C@@H](c2ccc3ccccc3c2)C1. The second-order valence-electron chi connectivity index (χ2n) is 4.77. The Kier molecular flexibility index (Phi) is 2.41. The summed E-state index contributed by atoms with van der Waals surface area (Å²) >= 11 is 0. The molecule has 1 heterocycles. The normalized spacial score (nSPS) is 25.1. The minimum absolute atomic E-state index is 0.305. The van der Waals surface area contributed by atoms with Crippen LogP contribution in [0.5, 0.6) is 0 Å². The van der Waals surface area contributed by atoms with Crippen molar-refractivity contribution in [3.8, 4) is 0 Å². The van der Waals surface area contributed by atoms with Gasteiger partial charge in [-0.1, -0.05) is 43.3 Å². The molecule has 0 N–H and O–H groups in total. The Bertz CT molecular complexity index is 504. The molecule has 82 valence electrons. The standard InChI is InChI=1S/C15H16O/c1-11-8-15(16-10-11)14-7-6-12-4-2-3-5-13(12)9-14/h2-7,9,11,15H,8,10H2,1H3/t11-,15+/m0/s1. The molecule has 2 aromatic rings. The lowest BCUT2D eigenvalue weighted by Crippen LogP contribution is -1.95. The van der Waals surface area contributed by atoms with E-state index in [1.807, 2.05) is 0 Å². The van der Waals surface area contributed by atoms with Crippen LogP contribution in [-0.4, -0.2) is 6.61 Å². The molecule has 1 nitrogen and oxygen atoms in total. The van der Waals surface area contributed by atoms with E-state index in [0.717, 1.165) is 13.0 Å². The molecule has 16 heavy (non-hydrogen) atoms. The summed E-state index contributed by atoms with van der Waals surface area (Å²) in [6, 6.07) is 15.1. The van der Waals surface area contributed by atoms with Gasteiger partial charge >= 0.3 is 0 Å². The molecule has 1 aliphatic heterocycles. The molecule has 0 saturated carbocycles. The molecule has 0 unspecified atom stereocenters. The topological polar surface area (TPSA) is 9.23 Å². The van der Waals surface area contributed by atoms with E-state index >= 15 is 0 Å². The summed E-state index contributed by atoms with van der Waals surface area (Å²) in [4.78, 5) is 0. The zero-order valence-electron chi connectivity index (χ0n) is 9.52. The largest absolute Gasteiger partial charge is 0.373 e. The van der Waals surface area contributed by atoms with Crippen LogP contribution in [0.15, 0.2) is 42.5 Å². The molecule has 0 radical (unpaired) electrons. The summed E-state index contributed by atoms with van der Waals surface area (Å²) in [6.07, 6.45) is 1.46. The first-order chi connectivity index (χ1) is 7.83. The summed E-state index contributed by atoms with van der Waals surface area (Å²) < 4.78 is 5.80. The van der Waals surface area contributed by atoms with E-state index in [1.165, 1.54) is 16.3 Å². The van der Waals surface area contributed by atoms with Gasteiger partial charge in [0.1, 0.15) is 0 Å². The summed E-state index contributed by atoms with van der Waals surface area (Å²) in [6.45, 7) is 3.15. The molecule has 0 spiro atoms. The van der Waals surface area contributed by atoms with Gasteiger partial charge in [0.25, 0.3) is 0 Å². The van der Waals surface area contributed by atoms with E-state index < -0.39 is 0 Å². The molecule has 1 heteroatoms. The van der Waals surface area contributed by atoms with Crippen molar-refractivity contribution in [3.63, 3.8) is 0 Å². The average molecular weight is 212 g/mol. The van der Waals surface area contributed by atoms with E-state index in [4.69, 9.17) is 4.74 Å². The predicted octanol–water partition coefficient (Wildman–Crippen LogP) is 3.94. The van der Waals surface area contributed by atoms with Gasteiger partial charge < -0.3 is 4.74 Å². The highest BCUT2D eigenvalue weighted by Gasteiger charge is 2.23. The lowest BCUT2D eigenvalue weighted by atomic mass is 9.99. The van der Waals surface area contributed by atoms with Gasteiger partial charge in [-0.3, -0.25) is 0 Å². The Morgan fingerprint density at radius 2 is 1.88 bits per heavy atom. The first kappa shape index (κ1) is 9.86. The number of hydrogen-bond acceptors (Lipinski definition) is 1. The smallest absolute Gasteiger partial charge is 0.0828 e. The van der Waals surface area contributed by atoms with E-state index in [2.05, 4.69) is 49.4 Å². The molecule has 0 aliphatic carbocycles. The maximum absolute atomic E-state index is 5.80. The summed E-state index contributed by atoms with van der Waals surface area (Å²) in [5.41, 5.74) is 1.32. The van der Waals surface area contributed by atoms with Crippen molar-refractivity contribution in [1.82, 2.24) is 0 Å². The number of ether oxygens (including phenoxy) is 1. The van der Waals surface area contributed by atoms with Gasteiger partial charge in [-0.25, -0.2) is 0 Å². The lowest BCUT2D eigenvalue weighted by Gasteiger charge is -2.10. The number of fused-ring (bicyclic) bond motifs is 1. The third-order valence-corrected chi connectivity index (χ3v) is 3.34. The highest BCUT2D eigenvalue weighted by atomic mass is 16.5. The van der Waals surface area contributed by atoms with Gasteiger partial charge in [-0.2, -0.15) is 0 Å². The van der Waals surface area contributed by atoms with E-state index in [9.17, 15) is 0 Å². The van der Waals surface area contributed by atoms with Crippen molar-refractivity contribution in [2.24, 2.45) is 5.92 Å². The van der Waals surface area contributed by atoms with Crippen molar-refractivity contribution in [2.45, 2.75) is 19.4 Å². The first-order valence-electron chi connectivity index (χ1n) is 5.93. The Hall–Kier alpha value is -1.34. The summed E-state index contributed by atoms with van der Waals surface area (Å²) in [7, 11) is 0. The maximum atomic E-state index is 5.80.